The van der Waals surface area contributed by atoms with E-state index in [1.165, 1.54) is 18.0 Å². The van der Waals surface area contributed by atoms with Crippen LogP contribution in [0.2, 0.25) is 0 Å². The average Bonchev–Trinajstić information content (AvgIpc) is 3.24. The number of benzene rings is 1. The Morgan fingerprint density at radius 3 is 2.79 bits per heavy atom. The first-order chi connectivity index (χ1) is 15.5. The molecule has 10 heteroatoms. The van der Waals surface area contributed by atoms with Gasteiger partial charge in [0.15, 0.2) is 0 Å². The molecule has 2 aromatic heterocycles. The van der Waals surface area contributed by atoms with E-state index in [1.54, 1.807) is 37.4 Å². The lowest BCUT2D eigenvalue weighted by Gasteiger charge is -2.50. The van der Waals surface area contributed by atoms with Crippen LogP contribution in [0, 0.1) is 5.92 Å². The summed E-state index contributed by atoms with van der Waals surface area (Å²) in [6.45, 7) is 4.58. The van der Waals surface area contributed by atoms with Crippen LogP contribution in [0.4, 0.5) is 20.3 Å². The zero-order chi connectivity index (χ0) is 24.0. The summed E-state index contributed by atoms with van der Waals surface area (Å²) in [4.78, 5) is 31.5. The zero-order valence-electron chi connectivity index (χ0n) is 18.7. The number of likely N-dealkylation sites (tertiary alicyclic amines) is 1. The van der Waals surface area contributed by atoms with Gasteiger partial charge in [-0.2, -0.15) is 5.10 Å². The largest absolute Gasteiger partial charge is 0.383 e. The number of alkyl halides is 2. The van der Waals surface area contributed by atoms with E-state index in [-0.39, 0.29) is 6.54 Å². The number of carbonyl (C=O) groups is 2. The van der Waals surface area contributed by atoms with Crippen LogP contribution in [0.3, 0.4) is 0 Å². The van der Waals surface area contributed by atoms with Gasteiger partial charge >= 0.3 is 11.8 Å². The number of amides is 2. The summed E-state index contributed by atoms with van der Waals surface area (Å²) in [6.07, 6.45) is 2.94. The minimum absolute atomic E-state index is 0.265. The Labute approximate surface area is 189 Å². The van der Waals surface area contributed by atoms with Crippen molar-refractivity contribution in [2.24, 2.45) is 5.92 Å². The number of rotatable bonds is 3. The number of hydrogen-bond donors (Lipinski definition) is 3. The van der Waals surface area contributed by atoms with Crippen LogP contribution < -0.4 is 11.1 Å². The van der Waals surface area contributed by atoms with Crippen molar-refractivity contribution in [3.8, 4) is 0 Å². The topological polar surface area (TPSA) is 117 Å². The molecule has 4 N–H and O–H groups in total. The second-order valence-electron chi connectivity index (χ2n) is 8.78. The molecule has 3 heterocycles. The van der Waals surface area contributed by atoms with Gasteiger partial charge < -0.3 is 16.0 Å². The molecule has 0 saturated carbocycles. The van der Waals surface area contributed by atoms with Crippen molar-refractivity contribution in [1.29, 1.82) is 0 Å². The smallest absolute Gasteiger partial charge is 0.313 e. The van der Waals surface area contributed by atoms with Crippen molar-refractivity contribution in [3.05, 3.63) is 47.8 Å². The van der Waals surface area contributed by atoms with Crippen LogP contribution in [-0.4, -0.2) is 44.4 Å². The van der Waals surface area contributed by atoms with Crippen LogP contribution in [0.1, 0.15) is 38.3 Å². The molecule has 174 valence electrons. The summed E-state index contributed by atoms with van der Waals surface area (Å²) < 4.78 is 29.7. The summed E-state index contributed by atoms with van der Waals surface area (Å²) in [5.41, 5.74) is 6.70. The summed E-state index contributed by atoms with van der Waals surface area (Å²) >= 11 is 0. The lowest BCUT2D eigenvalue weighted by molar-refractivity contribution is -0.172. The van der Waals surface area contributed by atoms with Crippen molar-refractivity contribution in [2.75, 3.05) is 17.6 Å². The van der Waals surface area contributed by atoms with Crippen molar-refractivity contribution in [2.45, 2.75) is 45.1 Å². The second kappa shape index (κ2) is 8.09. The predicted octanol–water partition coefficient (Wildman–Crippen LogP) is 3.46. The van der Waals surface area contributed by atoms with Gasteiger partial charge in [0.2, 0.25) is 0 Å². The number of hydrogen-bond acceptors (Lipinski definition) is 5. The van der Waals surface area contributed by atoms with Gasteiger partial charge in [0.05, 0.1) is 29.1 Å². The molecular weight excluding hydrogens is 430 g/mol. The van der Waals surface area contributed by atoms with Gasteiger partial charge in [0.1, 0.15) is 5.82 Å². The third kappa shape index (κ3) is 4.01. The third-order valence-corrected chi connectivity index (χ3v) is 6.49. The minimum Gasteiger partial charge on any atom is -0.383 e. The molecule has 0 aliphatic carbocycles. The molecule has 8 nitrogen and oxygen atoms in total. The number of H-pyrrole nitrogens is 1. The maximum Gasteiger partial charge on any atom is 0.313 e. The Morgan fingerprint density at radius 1 is 1.30 bits per heavy atom. The molecule has 0 spiro atoms. The lowest BCUT2D eigenvalue weighted by Crippen LogP contribution is -2.60. The zero-order valence-corrected chi connectivity index (χ0v) is 18.7. The molecule has 1 aliphatic rings. The Hall–Kier alpha value is -3.56. The lowest BCUT2D eigenvalue weighted by atomic mass is 9.76. The minimum atomic E-state index is -3.01. The molecule has 1 aromatic carbocycles. The third-order valence-electron chi connectivity index (χ3n) is 6.49. The van der Waals surface area contributed by atoms with Gasteiger partial charge in [0, 0.05) is 24.3 Å². The van der Waals surface area contributed by atoms with Crippen molar-refractivity contribution in [3.63, 3.8) is 0 Å². The second-order valence-corrected chi connectivity index (χ2v) is 8.78. The molecule has 2 atom stereocenters. The number of halogens is 2. The summed E-state index contributed by atoms with van der Waals surface area (Å²) in [6, 6.07) is 6.78. The van der Waals surface area contributed by atoms with Crippen molar-refractivity contribution >= 4 is 34.2 Å². The van der Waals surface area contributed by atoms with Gasteiger partial charge in [-0.1, -0.05) is 19.9 Å². The van der Waals surface area contributed by atoms with E-state index in [2.05, 4.69) is 20.5 Å². The highest BCUT2D eigenvalue weighted by molar-refractivity contribution is 6.39. The summed E-state index contributed by atoms with van der Waals surface area (Å²) in [7, 11) is 0. The average molecular weight is 456 g/mol. The number of aromatic amines is 1. The monoisotopic (exact) mass is 456 g/mol. The van der Waals surface area contributed by atoms with Crippen LogP contribution in [-0.2, 0) is 21.5 Å². The molecule has 3 aromatic rings. The highest BCUT2D eigenvalue weighted by Crippen LogP contribution is 2.47. The summed E-state index contributed by atoms with van der Waals surface area (Å²) in [5, 5.41) is 10.1. The predicted molar refractivity (Wildman–Crippen MR) is 121 cm³/mol. The highest BCUT2D eigenvalue weighted by Gasteiger charge is 2.54. The standard InChI is InChI=1S/C23H26F2N6O2/c1-4-14-8-17(10-27-19(14)26)29-20(32)21(33)31-11-13(2)23(24,25)12-22(31,3)16-5-6-18-15(7-16)9-28-30-18/h5-10,13H,4,11-12H2,1-3H3,(H2,26,27)(H,28,30)(H,29,32)/t13-,22+/m1/s1. The molecule has 0 unspecified atom stereocenters. The molecular formula is C23H26F2N6O2. The van der Waals surface area contributed by atoms with E-state index in [4.69, 9.17) is 5.73 Å². The fraction of sp³-hybridized carbons (Fsp3) is 0.391. The van der Waals surface area contributed by atoms with Gasteiger partial charge in [-0.25, -0.2) is 13.8 Å². The molecule has 1 aliphatic heterocycles. The number of nitrogen functional groups attached to an aromatic ring is 1. The molecule has 0 radical (unpaired) electrons. The number of aromatic nitrogens is 3. The summed E-state index contributed by atoms with van der Waals surface area (Å²) in [5.74, 6) is -5.58. The van der Waals surface area contributed by atoms with Crippen molar-refractivity contribution < 1.29 is 18.4 Å². The fourth-order valence-electron chi connectivity index (χ4n) is 4.36. The van der Waals surface area contributed by atoms with Crippen LogP contribution >= 0.6 is 0 Å². The Balaban J connectivity index is 1.68. The van der Waals surface area contributed by atoms with Crippen LogP contribution in [0.15, 0.2) is 36.7 Å². The first-order valence-electron chi connectivity index (χ1n) is 10.7. The number of pyridine rings is 1. The number of nitrogens with two attached hydrogens (primary N) is 1. The number of anilines is 2. The molecule has 1 saturated heterocycles. The fourth-order valence-corrected chi connectivity index (χ4v) is 4.36. The molecule has 0 bridgehead atoms. The Bertz CT molecular complexity index is 1230. The number of aryl methyl sites for hydroxylation is 1. The number of fused-ring (bicyclic) bond motifs is 1. The van der Waals surface area contributed by atoms with E-state index in [9.17, 15) is 18.4 Å². The molecule has 2 amide bonds. The van der Waals surface area contributed by atoms with E-state index in [0.717, 1.165) is 16.5 Å². The first-order valence-corrected chi connectivity index (χ1v) is 10.7. The molecule has 1 fully saturated rings. The normalized spacial score (nSPS) is 22.3. The van der Waals surface area contributed by atoms with Gasteiger partial charge in [0.25, 0.3) is 5.92 Å². The molecule has 33 heavy (non-hydrogen) atoms. The quantitative estimate of drug-likeness (QED) is 0.522. The maximum absolute atomic E-state index is 14.9. The van der Waals surface area contributed by atoms with Crippen LogP contribution in [0.5, 0.6) is 0 Å². The highest BCUT2D eigenvalue weighted by atomic mass is 19.3. The number of carbonyl (C=O) groups excluding carboxylic acids is 2. The van der Waals surface area contributed by atoms with E-state index < -0.39 is 35.6 Å². The molecule has 4 rings (SSSR count). The van der Waals surface area contributed by atoms with Gasteiger partial charge in [-0.3, -0.25) is 14.7 Å². The number of piperidine rings is 1. The Kier molecular flexibility index (Phi) is 5.55. The number of nitrogens with one attached hydrogen (secondary N) is 2. The van der Waals surface area contributed by atoms with E-state index >= 15 is 0 Å². The maximum atomic E-state index is 14.9. The van der Waals surface area contributed by atoms with E-state index in [0.29, 0.717) is 23.5 Å². The SMILES string of the molecule is CCc1cc(NC(=O)C(=O)N2C[C@@H](C)C(F)(F)C[C@@]2(C)c2ccc3[nH]ncc3c2)cnc1N. The van der Waals surface area contributed by atoms with Crippen molar-refractivity contribution in [1.82, 2.24) is 20.1 Å². The number of nitrogens with zero attached hydrogens (tertiary/aromatic N) is 3. The van der Waals surface area contributed by atoms with Gasteiger partial charge in [-0.15, -0.1) is 0 Å². The first kappa shape index (κ1) is 22.6. The van der Waals surface area contributed by atoms with Gasteiger partial charge in [-0.05, 0) is 42.7 Å². The van der Waals surface area contributed by atoms with Crippen LogP contribution in [0.25, 0.3) is 10.9 Å². The Morgan fingerprint density at radius 2 is 2.06 bits per heavy atom. The van der Waals surface area contributed by atoms with E-state index in [1.807, 2.05) is 6.92 Å².